The normalized spacial score (nSPS) is 15.8. The molecule has 2 aromatic heterocycles. The molecule has 0 radical (unpaired) electrons. The quantitative estimate of drug-likeness (QED) is 0.288. The van der Waals surface area contributed by atoms with Crippen molar-refractivity contribution in [1.82, 2.24) is 19.6 Å². The fourth-order valence-electron chi connectivity index (χ4n) is 4.48. The highest BCUT2D eigenvalue weighted by molar-refractivity contribution is 7.16. The van der Waals surface area contributed by atoms with Crippen LogP contribution in [0.3, 0.4) is 0 Å². The van der Waals surface area contributed by atoms with Gasteiger partial charge in [-0.05, 0) is 44.3 Å². The Kier molecular flexibility index (Phi) is 7.88. The minimum atomic E-state index is -4.77. The first-order valence-electron chi connectivity index (χ1n) is 11.7. The maximum Gasteiger partial charge on any atom is 0.435 e. The lowest BCUT2D eigenvalue weighted by molar-refractivity contribution is -0.141. The average molecular weight is 564 g/mol. The largest absolute Gasteiger partial charge is 0.506 e. The topological polar surface area (TPSA) is 66.0 Å². The molecular weight excluding hydrogens is 539 g/mol. The number of carbonyl (C=O) groups is 1. The molecule has 0 saturated carbocycles. The molecule has 38 heavy (non-hydrogen) atoms. The van der Waals surface area contributed by atoms with Crippen LogP contribution in [0.4, 0.5) is 18.2 Å². The molecular formula is C26H25ClF3N5O2S. The summed E-state index contributed by atoms with van der Waals surface area (Å²) in [6, 6.07) is 4.57. The van der Waals surface area contributed by atoms with E-state index < -0.39 is 17.8 Å². The first kappa shape index (κ1) is 27.7. The molecule has 0 fully saturated rings. The van der Waals surface area contributed by atoms with Crippen LogP contribution in [0.1, 0.15) is 34.5 Å². The molecule has 0 bridgehead atoms. The number of rotatable bonds is 6. The van der Waals surface area contributed by atoms with Crippen molar-refractivity contribution in [2.75, 3.05) is 27.2 Å². The fourth-order valence-corrected chi connectivity index (χ4v) is 5.78. The SMILES string of the molecule is [C-]#[N+]c1cc2c(s1)CN(C(=O)/C=C/CN(C)C)CC2c1ccc(O)c(Cl)c1-c1cn(CC)nc1C(F)(F)F. The molecule has 1 aromatic carbocycles. The standard InChI is InChI=1S/C26H25ClF3N5O2S/c1-5-35-13-18(25(32-35)26(28,29)30)23-15(8-9-19(36)24(23)27)17-12-34(22(37)7-6-10-33(3)4)14-20-16(17)11-21(31-2)38-20/h6-9,11,13,17,36H,5,10,12,14H2,1,3-4H3/b7-6+. The summed E-state index contributed by atoms with van der Waals surface area (Å²) in [7, 11) is 3.75. The number of aromatic hydroxyl groups is 1. The summed E-state index contributed by atoms with van der Waals surface area (Å²) in [6.45, 7) is 10.3. The van der Waals surface area contributed by atoms with Crippen molar-refractivity contribution in [3.8, 4) is 16.9 Å². The number of aromatic nitrogens is 2. The maximum atomic E-state index is 14.0. The number of phenols is 1. The van der Waals surface area contributed by atoms with Gasteiger partial charge in [0.2, 0.25) is 10.9 Å². The average Bonchev–Trinajstić information content (AvgIpc) is 3.48. The molecule has 0 saturated heterocycles. The van der Waals surface area contributed by atoms with Crippen molar-refractivity contribution in [2.24, 2.45) is 0 Å². The summed E-state index contributed by atoms with van der Waals surface area (Å²) in [5, 5.41) is 14.3. The molecule has 1 amide bonds. The van der Waals surface area contributed by atoms with E-state index in [1.54, 1.807) is 24.0 Å². The Morgan fingerprint density at radius 3 is 2.74 bits per heavy atom. The van der Waals surface area contributed by atoms with Crippen molar-refractivity contribution in [3.05, 3.63) is 74.7 Å². The van der Waals surface area contributed by atoms with Gasteiger partial charge >= 0.3 is 6.18 Å². The second-order valence-corrected chi connectivity index (χ2v) is 10.6. The molecule has 1 aliphatic rings. The lowest BCUT2D eigenvalue weighted by atomic mass is 9.83. The number of alkyl halides is 3. The van der Waals surface area contributed by atoms with Crippen molar-refractivity contribution < 1.29 is 23.1 Å². The minimum absolute atomic E-state index is 0.00246. The van der Waals surface area contributed by atoms with Crippen LogP contribution in [0.5, 0.6) is 5.75 Å². The molecule has 4 rings (SSSR count). The molecule has 1 aliphatic heterocycles. The predicted octanol–water partition coefficient (Wildman–Crippen LogP) is 6.15. The van der Waals surface area contributed by atoms with E-state index in [9.17, 15) is 23.1 Å². The second kappa shape index (κ2) is 10.8. The van der Waals surface area contributed by atoms with Gasteiger partial charge in [0, 0.05) is 53.8 Å². The number of carbonyl (C=O) groups excluding carboxylic acids is 1. The highest BCUT2D eigenvalue weighted by atomic mass is 35.5. The Morgan fingerprint density at radius 1 is 1.37 bits per heavy atom. The molecule has 1 N–H and O–H groups in total. The number of halogens is 4. The summed E-state index contributed by atoms with van der Waals surface area (Å²) in [6.07, 6.45) is -0.285. The van der Waals surface area contributed by atoms with E-state index in [1.807, 2.05) is 19.0 Å². The zero-order chi connectivity index (χ0) is 27.8. The molecule has 3 aromatic rings. The van der Waals surface area contributed by atoms with Gasteiger partial charge < -0.3 is 14.9 Å². The zero-order valence-corrected chi connectivity index (χ0v) is 22.5. The van der Waals surface area contributed by atoms with E-state index in [2.05, 4.69) is 9.94 Å². The van der Waals surface area contributed by atoms with Crippen molar-refractivity contribution in [2.45, 2.75) is 32.1 Å². The Balaban J connectivity index is 1.89. The number of phenolic OH excluding ortho intramolecular Hbond substituents is 1. The van der Waals surface area contributed by atoms with E-state index in [1.165, 1.54) is 40.4 Å². The number of fused-ring (bicyclic) bond motifs is 1. The minimum Gasteiger partial charge on any atom is -0.506 e. The van der Waals surface area contributed by atoms with Gasteiger partial charge in [-0.3, -0.25) is 9.48 Å². The molecule has 200 valence electrons. The molecule has 12 heteroatoms. The summed E-state index contributed by atoms with van der Waals surface area (Å²) >= 11 is 7.74. The second-order valence-electron chi connectivity index (χ2n) is 9.12. The number of hydrogen-bond acceptors (Lipinski definition) is 5. The zero-order valence-electron chi connectivity index (χ0n) is 20.9. The number of benzene rings is 1. The Hall–Kier alpha value is -3.33. The highest BCUT2D eigenvalue weighted by Gasteiger charge is 2.40. The summed E-state index contributed by atoms with van der Waals surface area (Å²) < 4.78 is 43.3. The van der Waals surface area contributed by atoms with E-state index in [4.69, 9.17) is 18.2 Å². The van der Waals surface area contributed by atoms with Crippen molar-refractivity contribution in [1.29, 1.82) is 0 Å². The van der Waals surface area contributed by atoms with Gasteiger partial charge in [-0.2, -0.15) is 29.6 Å². The first-order valence-corrected chi connectivity index (χ1v) is 12.9. The molecule has 3 heterocycles. The smallest absolute Gasteiger partial charge is 0.435 e. The predicted molar refractivity (Wildman–Crippen MR) is 141 cm³/mol. The number of hydrogen-bond donors (Lipinski definition) is 1. The number of thiophene rings is 1. The Labute approximate surface area is 227 Å². The van der Waals surface area contributed by atoms with Gasteiger partial charge in [0.25, 0.3) is 0 Å². The van der Waals surface area contributed by atoms with Gasteiger partial charge in [-0.25, -0.2) is 4.85 Å². The number of aryl methyl sites for hydroxylation is 1. The molecule has 7 nitrogen and oxygen atoms in total. The molecule has 0 aliphatic carbocycles. The van der Waals surface area contributed by atoms with Crippen LogP contribution < -0.4 is 0 Å². The van der Waals surface area contributed by atoms with Crippen LogP contribution in [0, 0.1) is 6.57 Å². The molecule has 1 unspecified atom stereocenters. The van der Waals surface area contributed by atoms with E-state index >= 15 is 0 Å². The number of likely N-dealkylation sites (N-methyl/N-ethyl adjacent to an activating group) is 1. The van der Waals surface area contributed by atoms with Crippen LogP contribution >= 0.6 is 22.9 Å². The van der Waals surface area contributed by atoms with Crippen LogP contribution in [-0.2, 0) is 24.1 Å². The third-order valence-electron chi connectivity index (χ3n) is 6.25. The lowest BCUT2D eigenvalue weighted by Gasteiger charge is -2.34. The van der Waals surface area contributed by atoms with Crippen molar-refractivity contribution in [3.63, 3.8) is 0 Å². The third kappa shape index (κ3) is 5.43. The van der Waals surface area contributed by atoms with Gasteiger partial charge in [-0.1, -0.05) is 23.7 Å². The molecule has 0 spiro atoms. The summed E-state index contributed by atoms with van der Waals surface area (Å²) in [5.74, 6) is -1.21. The van der Waals surface area contributed by atoms with E-state index in [0.717, 1.165) is 10.4 Å². The highest BCUT2D eigenvalue weighted by Crippen LogP contribution is 2.49. The van der Waals surface area contributed by atoms with Crippen LogP contribution in [-0.4, -0.2) is 57.8 Å². The summed E-state index contributed by atoms with van der Waals surface area (Å²) in [4.78, 5) is 20.9. The number of nitrogens with zero attached hydrogens (tertiary/aromatic N) is 5. The lowest BCUT2D eigenvalue weighted by Crippen LogP contribution is -2.37. The van der Waals surface area contributed by atoms with E-state index in [0.29, 0.717) is 17.1 Å². The third-order valence-corrected chi connectivity index (χ3v) is 7.66. The Morgan fingerprint density at radius 2 is 2.11 bits per heavy atom. The van der Waals surface area contributed by atoms with Gasteiger partial charge in [0.1, 0.15) is 5.75 Å². The number of amides is 1. The molecule has 1 atom stereocenters. The fraction of sp³-hybridized carbons (Fsp3) is 0.346. The van der Waals surface area contributed by atoms with Gasteiger partial charge in [0.05, 0.1) is 18.1 Å². The first-order chi connectivity index (χ1) is 17.9. The van der Waals surface area contributed by atoms with Crippen LogP contribution in [0.2, 0.25) is 5.02 Å². The van der Waals surface area contributed by atoms with Crippen LogP contribution in [0.25, 0.3) is 16.0 Å². The Bertz CT molecular complexity index is 1440. The van der Waals surface area contributed by atoms with Crippen molar-refractivity contribution >= 4 is 33.8 Å². The maximum absolute atomic E-state index is 14.0. The van der Waals surface area contributed by atoms with Crippen LogP contribution in [0.15, 0.2) is 36.5 Å². The van der Waals surface area contributed by atoms with Gasteiger partial charge in [0.15, 0.2) is 5.69 Å². The summed E-state index contributed by atoms with van der Waals surface area (Å²) in [5.41, 5.74) is -0.216. The van der Waals surface area contributed by atoms with Gasteiger partial charge in [-0.15, -0.1) is 0 Å². The van der Waals surface area contributed by atoms with E-state index in [-0.39, 0.29) is 47.4 Å². The monoisotopic (exact) mass is 563 g/mol.